The fourth-order valence-electron chi connectivity index (χ4n) is 1.85. The van der Waals surface area contributed by atoms with Gasteiger partial charge in [0, 0.05) is 11.5 Å². The van der Waals surface area contributed by atoms with Gasteiger partial charge in [0.2, 0.25) is 15.9 Å². The molecule has 0 aliphatic heterocycles. The Hall–Kier alpha value is -2.98. The molecular formula is C17H19N3O6S. The van der Waals surface area contributed by atoms with Crippen molar-refractivity contribution >= 4 is 33.9 Å². The van der Waals surface area contributed by atoms with Gasteiger partial charge in [-0.3, -0.25) is 14.9 Å². The van der Waals surface area contributed by atoms with Crippen LogP contribution in [0.1, 0.15) is 16.8 Å². The minimum Gasteiger partial charge on any atom is -0.455 e. The Morgan fingerprint density at radius 3 is 2.56 bits per heavy atom. The molecule has 0 bridgehead atoms. The van der Waals surface area contributed by atoms with Gasteiger partial charge in [-0.05, 0) is 25.5 Å². The van der Waals surface area contributed by atoms with Gasteiger partial charge in [0.1, 0.15) is 6.54 Å². The standard InChI is InChI=1S/C17H19N3O6S/c1-12-3-5-14(6-4-12)7-8-27(23,24)18-10-17(22)25-11-15(21)19-16-9-13(2)20-26-16/h3-9,18H,10-11H2,1-2H3,(H,19,21)/b8-7+. The number of rotatable bonds is 8. The highest BCUT2D eigenvalue weighted by Crippen LogP contribution is 2.08. The Labute approximate surface area is 156 Å². The molecular weight excluding hydrogens is 374 g/mol. The Balaban J connectivity index is 1.74. The van der Waals surface area contributed by atoms with E-state index in [9.17, 15) is 18.0 Å². The molecule has 1 aromatic heterocycles. The molecule has 0 atom stereocenters. The summed E-state index contributed by atoms with van der Waals surface area (Å²) in [6, 6.07) is 8.73. The first-order chi connectivity index (χ1) is 12.7. The lowest BCUT2D eigenvalue weighted by molar-refractivity contribution is -0.146. The average molecular weight is 393 g/mol. The van der Waals surface area contributed by atoms with E-state index in [-0.39, 0.29) is 5.88 Å². The van der Waals surface area contributed by atoms with Gasteiger partial charge in [-0.2, -0.15) is 0 Å². The number of anilines is 1. The van der Waals surface area contributed by atoms with Gasteiger partial charge in [0.25, 0.3) is 5.91 Å². The lowest BCUT2D eigenvalue weighted by Crippen LogP contribution is -2.31. The molecule has 27 heavy (non-hydrogen) atoms. The third-order valence-corrected chi connectivity index (χ3v) is 4.23. The minimum absolute atomic E-state index is 0.121. The number of benzene rings is 1. The van der Waals surface area contributed by atoms with Crippen molar-refractivity contribution in [1.29, 1.82) is 0 Å². The van der Waals surface area contributed by atoms with Crippen LogP contribution in [0.3, 0.4) is 0 Å². The van der Waals surface area contributed by atoms with Gasteiger partial charge in [-0.1, -0.05) is 35.0 Å². The number of nitrogens with one attached hydrogen (secondary N) is 2. The van der Waals surface area contributed by atoms with E-state index in [1.54, 1.807) is 19.1 Å². The number of hydrogen-bond donors (Lipinski definition) is 2. The number of aryl methyl sites for hydroxylation is 2. The highest BCUT2D eigenvalue weighted by atomic mass is 32.2. The molecule has 0 fully saturated rings. The lowest BCUT2D eigenvalue weighted by Gasteiger charge is -2.05. The normalized spacial score (nSPS) is 11.5. The molecule has 1 heterocycles. The van der Waals surface area contributed by atoms with Crippen LogP contribution in [0.5, 0.6) is 0 Å². The summed E-state index contributed by atoms with van der Waals surface area (Å²) in [7, 11) is -3.82. The van der Waals surface area contributed by atoms with Crippen molar-refractivity contribution in [2.24, 2.45) is 0 Å². The van der Waals surface area contributed by atoms with E-state index in [0.29, 0.717) is 11.3 Å². The number of ether oxygens (including phenoxy) is 1. The number of amides is 1. The van der Waals surface area contributed by atoms with E-state index in [1.807, 2.05) is 19.1 Å². The highest BCUT2D eigenvalue weighted by Gasteiger charge is 2.13. The number of nitrogens with zero attached hydrogens (tertiary/aromatic N) is 1. The van der Waals surface area contributed by atoms with Gasteiger partial charge in [-0.15, -0.1) is 0 Å². The van der Waals surface area contributed by atoms with E-state index in [0.717, 1.165) is 11.0 Å². The molecule has 1 amide bonds. The topological polar surface area (TPSA) is 128 Å². The van der Waals surface area contributed by atoms with Crippen molar-refractivity contribution in [1.82, 2.24) is 9.88 Å². The summed E-state index contributed by atoms with van der Waals surface area (Å²) in [5.74, 6) is -1.41. The molecule has 144 valence electrons. The first kappa shape index (κ1) is 20.3. The molecule has 0 saturated heterocycles. The summed E-state index contributed by atoms with van der Waals surface area (Å²) in [4.78, 5) is 23.2. The van der Waals surface area contributed by atoms with Gasteiger partial charge < -0.3 is 9.26 Å². The van der Waals surface area contributed by atoms with Gasteiger partial charge >= 0.3 is 5.97 Å². The zero-order valence-electron chi connectivity index (χ0n) is 14.8. The van der Waals surface area contributed by atoms with E-state index in [2.05, 4.69) is 15.2 Å². The number of esters is 1. The molecule has 0 aliphatic carbocycles. The van der Waals surface area contributed by atoms with Crippen LogP contribution in [0.25, 0.3) is 6.08 Å². The predicted octanol–water partition coefficient (Wildman–Crippen LogP) is 1.36. The predicted molar refractivity (Wildman–Crippen MR) is 98.0 cm³/mol. The van der Waals surface area contributed by atoms with Crippen LogP contribution >= 0.6 is 0 Å². The summed E-state index contributed by atoms with van der Waals surface area (Å²) in [6.45, 7) is 2.41. The first-order valence-electron chi connectivity index (χ1n) is 7.87. The summed E-state index contributed by atoms with van der Waals surface area (Å²) in [5.41, 5.74) is 2.33. The molecule has 10 heteroatoms. The van der Waals surface area contributed by atoms with Gasteiger partial charge in [0.05, 0.1) is 5.69 Å². The molecule has 0 radical (unpaired) electrons. The van der Waals surface area contributed by atoms with Crippen molar-refractivity contribution in [2.45, 2.75) is 13.8 Å². The SMILES string of the molecule is Cc1ccc(/C=C/S(=O)(=O)NCC(=O)OCC(=O)Nc2cc(C)no2)cc1. The minimum atomic E-state index is -3.82. The second kappa shape index (κ2) is 9.10. The zero-order valence-corrected chi connectivity index (χ0v) is 15.6. The summed E-state index contributed by atoms with van der Waals surface area (Å²) in [6.07, 6.45) is 1.40. The molecule has 2 aromatic rings. The number of carbonyl (C=O) groups is 2. The van der Waals surface area contributed by atoms with Crippen LogP contribution < -0.4 is 10.0 Å². The maximum Gasteiger partial charge on any atom is 0.321 e. The van der Waals surface area contributed by atoms with Crippen LogP contribution in [0, 0.1) is 13.8 Å². The van der Waals surface area contributed by atoms with Gasteiger partial charge in [-0.25, -0.2) is 13.1 Å². The monoisotopic (exact) mass is 393 g/mol. The number of carbonyl (C=O) groups excluding carboxylic acids is 2. The van der Waals surface area contributed by atoms with Crippen LogP contribution in [-0.2, 0) is 24.3 Å². The number of aromatic nitrogens is 1. The van der Waals surface area contributed by atoms with Crippen LogP contribution in [0.2, 0.25) is 0 Å². The van der Waals surface area contributed by atoms with Crippen molar-refractivity contribution in [3.8, 4) is 0 Å². The molecule has 0 aliphatic rings. The van der Waals surface area contributed by atoms with E-state index in [1.165, 1.54) is 12.1 Å². The molecule has 0 spiro atoms. The zero-order chi connectivity index (χ0) is 19.9. The molecule has 9 nitrogen and oxygen atoms in total. The molecule has 0 saturated carbocycles. The van der Waals surface area contributed by atoms with Crippen molar-refractivity contribution in [3.05, 3.63) is 52.6 Å². The Bertz CT molecular complexity index is 932. The maximum atomic E-state index is 11.9. The van der Waals surface area contributed by atoms with Crippen molar-refractivity contribution in [3.63, 3.8) is 0 Å². The molecule has 0 unspecified atom stereocenters. The second-order valence-corrected chi connectivity index (χ2v) is 7.27. The van der Waals surface area contributed by atoms with Gasteiger partial charge in [0.15, 0.2) is 6.61 Å². The quantitative estimate of drug-likeness (QED) is 0.648. The first-order valence-corrected chi connectivity index (χ1v) is 9.41. The molecule has 1 aromatic carbocycles. The van der Waals surface area contributed by atoms with Crippen molar-refractivity contribution < 1.29 is 27.3 Å². The summed E-state index contributed by atoms with van der Waals surface area (Å²) >= 11 is 0. The van der Waals surface area contributed by atoms with E-state index >= 15 is 0 Å². The average Bonchev–Trinajstić information content (AvgIpc) is 3.02. The van der Waals surface area contributed by atoms with Crippen molar-refractivity contribution in [2.75, 3.05) is 18.5 Å². The molecule has 2 rings (SSSR count). The third-order valence-electron chi connectivity index (χ3n) is 3.19. The summed E-state index contributed by atoms with van der Waals surface area (Å²) in [5, 5.41) is 6.87. The Morgan fingerprint density at radius 2 is 1.93 bits per heavy atom. The maximum absolute atomic E-state index is 11.9. The van der Waals surface area contributed by atoms with E-state index < -0.39 is 35.1 Å². The fourth-order valence-corrected chi connectivity index (χ4v) is 2.60. The number of hydrogen-bond acceptors (Lipinski definition) is 7. The third kappa shape index (κ3) is 7.42. The van der Waals surface area contributed by atoms with Crippen LogP contribution in [0.15, 0.2) is 40.3 Å². The van der Waals surface area contributed by atoms with E-state index in [4.69, 9.17) is 9.26 Å². The van der Waals surface area contributed by atoms with Crippen LogP contribution in [0.4, 0.5) is 5.88 Å². The Kier molecular flexibility index (Phi) is 6.85. The second-order valence-electron chi connectivity index (χ2n) is 5.62. The number of sulfonamides is 1. The largest absolute Gasteiger partial charge is 0.455 e. The highest BCUT2D eigenvalue weighted by molar-refractivity contribution is 7.92. The molecule has 2 N–H and O–H groups in total. The lowest BCUT2D eigenvalue weighted by atomic mass is 10.2. The smallest absolute Gasteiger partial charge is 0.321 e. The Morgan fingerprint density at radius 1 is 1.22 bits per heavy atom. The fraction of sp³-hybridized carbons (Fsp3) is 0.235. The summed E-state index contributed by atoms with van der Waals surface area (Å²) < 4.78 is 35.2. The van der Waals surface area contributed by atoms with Crippen LogP contribution in [-0.4, -0.2) is 38.6 Å².